The van der Waals surface area contributed by atoms with E-state index in [0.717, 1.165) is 49.4 Å². The van der Waals surface area contributed by atoms with Crippen molar-refractivity contribution in [3.05, 3.63) is 188 Å². The molecule has 11 aromatic rings. The predicted molar refractivity (Wildman–Crippen MR) is 226 cm³/mol. The minimum absolute atomic E-state index is 0.641. The van der Waals surface area contributed by atoms with Crippen LogP contribution in [0.15, 0.2) is 188 Å². The Morgan fingerprint density at radius 3 is 1.50 bits per heavy atom. The molecule has 3 heteroatoms. The zero-order valence-electron chi connectivity index (χ0n) is 29.2. The Hall–Kier alpha value is -7.23. The predicted octanol–water partition coefficient (Wildman–Crippen LogP) is 13.4. The van der Waals surface area contributed by atoms with Gasteiger partial charge in [0, 0.05) is 16.7 Å². The van der Waals surface area contributed by atoms with Crippen LogP contribution in [0, 0.1) is 0 Å². The minimum atomic E-state index is 0.641. The standard InChI is InChI=1S/C51H31N3/c1-3-12-32(13-4-1)39-27-24-33-14-7-8-19-38(33)48(39)51-53-49(37-15-5-2-6-16-37)52-50(54-51)45-31-30-42(40-20-9-10-21-41(40)45)43-28-25-36-23-22-34-17-11-18-35-26-29-44(43)47(36)46(34)35/h1-31H. The van der Waals surface area contributed by atoms with Crippen LogP contribution in [0.1, 0.15) is 0 Å². The summed E-state index contributed by atoms with van der Waals surface area (Å²) >= 11 is 0. The van der Waals surface area contributed by atoms with Gasteiger partial charge in [-0.2, -0.15) is 0 Å². The largest absolute Gasteiger partial charge is 0.208 e. The molecule has 1 heterocycles. The number of aromatic nitrogens is 3. The van der Waals surface area contributed by atoms with Crippen molar-refractivity contribution in [1.82, 2.24) is 15.0 Å². The van der Waals surface area contributed by atoms with Gasteiger partial charge < -0.3 is 0 Å². The second-order valence-corrected chi connectivity index (χ2v) is 13.9. The van der Waals surface area contributed by atoms with E-state index in [1.807, 2.05) is 18.2 Å². The number of fused-ring (bicyclic) bond motifs is 2. The van der Waals surface area contributed by atoms with Crippen molar-refractivity contribution in [2.45, 2.75) is 0 Å². The number of hydrogen-bond donors (Lipinski definition) is 0. The molecule has 0 fully saturated rings. The molecule has 0 saturated carbocycles. The Kier molecular flexibility index (Phi) is 6.86. The Balaban J connectivity index is 1.17. The normalized spacial score (nSPS) is 11.7. The molecule has 0 saturated heterocycles. The fraction of sp³-hybridized carbons (Fsp3) is 0. The lowest BCUT2D eigenvalue weighted by molar-refractivity contribution is 1.08. The highest BCUT2D eigenvalue weighted by atomic mass is 15.0. The van der Waals surface area contributed by atoms with Gasteiger partial charge in [-0.1, -0.05) is 182 Å². The van der Waals surface area contributed by atoms with Crippen molar-refractivity contribution in [2.75, 3.05) is 0 Å². The molecule has 3 nitrogen and oxygen atoms in total. The van der Waals surface area contributed by atoms with Gasteiger partial charge in [0.25, 0.3) is 0 Å². The zero-order chi connectivity index (χ0) is 35.6. The highest BCUT2D eigenvalue weighted by molar-refractivity contribution is 6.26. The number of rotatable bonds is 5. The summed E-state index contributed by atoms with van der Waals surface area (Å²) in [5, 5.41) is 12.2. The first kappa shape index (κ1) is 30.4. The van der Waals surface area contributed by atoms with Crippen molar-refractivity contribution in [1.29, 1.82) is 0 Å². The van der Waals surface area contributed by atoms with E-state index in [1.165, 1.54) is 43.4 Å². The molecule has 0 aliphatic heterocycles. The molecule has 1 aromatic heterocycles. The quantitative estimate of drug-likeness (QED) is 0.169. The minimum Gasteiger partial charge on any atom is -0.208 e. The van der Waals surface area contributed by atoms with E-state index in [4.69, 9.17) is 15.0 Å². The molecule has 10 aromatic carbocycles. The van der Waals surface area contributed by atoms with E-state index in [9.17, 15) is 0 Å². The first-order valence-corrected chi connectivity index (χ1v) is 18.4. The van der Waals surface area contributed by atoms with E-state index in [0.29, 0.717) is 17.5 Å². The summed E-state index contributed by atoms with van der Waals surface area (Å²) in [6.45, 7) is 0. The molecular weight excluding hydrogens is 655 g/mol. The number of benzene rings is 10. The first-order chi connectivity index (χ1) is 26.8. The van der Waals surface area contributed by atoms with Gasteiger partial charge in [0.1, 0.15) is 0 Å². The summed E-state index contributed by atoms with van der Waals surface area (Å²) in [5.74, 6) is 1.93. The fourth-order valence-corrected chi connectivity index (χ4v) is 8.39. The smallest absolute Gasteiger partial charge is 0.165 e. The van der Waals surface area contributed by atoms with Gasteiger partial charge in [-0.3, -0.25) is 0 Å². The van der Waals surface area contributed by atoms with Gasteiger partial charge >= 0.3 is 0 Å². The molecule has 0 spiro atoms. The average Bonchev–Trinajstić information content (AvgIpc) is 3.25. The molecule has 0 aliphatic carbocycles. The van der Waals surface area contributed by atoms with E-state index in [2.05, 4.69) is 170 Å². The SMILES string of the molecule is c1ccc(-c2nc(-c3c(-c4ccccc4)ccc4ccccc34)nc(-c3ccc(-c4ccc5ccc6cccc7ccc4c5c67)c4ccccc34)n2)cc1. The third-order valence-corrected chi connectivity index (χ3v) is 10.9. The summed E-state index contributed by atoms with van der Waals surface area (Å²) in [6.07, 6.45) is 0. The molecule has 0 amide bonds. The summed E-state index contributed by atoms with van der Waals surface area (Å²) in [7, 11) is 0. The molecule has 0 bridgehead atoms. The third kappa shape index (κ3) is 4.79. The summed E-state index contributed by atoms with van der Waals surface area (Å²) in [6, 6.07) is 66.9. The van der Waals surface area contributed by atoms with Gasteiger partial charge in [0.05, 0.1) is 0 Å². The van der Waals surface area contributed by atoms with Gasteiger partial charge in [0.2, 0.25) is 0 Å². The Morgan fingerprint density at radius 2 is 0.722 bits per heavy atom. The van der Waals surface area contributed by atoms with Gasteiger partial charge in [-0.15, -0.1) is 0 Å². The lowest BCUT2D eigenvalue weighted by Crippen LogP contribution is -2.02. The van der Waals surface area contributed by atoms with Crippen LogP contribution in [0.5, 0.6) is 0 Å². The van der Waals surface area contributed by atoms with Crippen LogP contribution < -0.4 is 0 Å². The monoisotopic (exact) mass is 685 g/mol. The molecule has 54 heavy (non-hydrogen) atoms. The Labute approximate surface area is 312 Å². The fourth-order valence-electron chi connectivity index (χ4n) is 8.39. The van der Waals surface area contributed by atoms with E-state index in [-0.39, 0.29) is 0 Å². The lowest BCUT2D eigenvalue weighted by atomic mass is 9.87. The molecule has 0 aliphatic rings. The topological polar surface area (TPSA) is 38.7 Å². The van der Waals surface area contributed by atoms with Crippen LogP contribution in [-0.4, -0.2) is 15.0 Å². The zero-order valence-corrected chi connectivity index (χ0v) is 29.2. The second-order valence-electron chi connectivity index (χ2n) is 13.9. The van der Waals surface area contributed by atoms with Gasteiger partial charge in [0.15, 0.2) is 17.5 Å². The van der Waals surface area contributed by atoms with Crippen LogP contribution >= 0.6 is 0 Å². The van der Waals surface area contributed by atoms with Crippen molar-refractivity contribution in [2.24, 2.45) is 0 Å². The van der Waals surface area contributed by atoms with E-state index >= 15 is 0 Å². The van der Waals surface area contributed by atoms with E-state index in [1.54, 1.807) is 0 Å². The highest BCUT2D eigenvalue weighted by Crippen LogP contribution is 2.43. The Morgan fingerprint density at radius 1 is 0.241 bits per heavy atom. The first-order valence-electron chi connectivity index (χ1n) is 18.4. The highest BCUT2D eigenvalue weighted by Gasteiger charge is 2.21. The summed E-state index contributed by atoms with van der Waals surface area (Å²) < 4.78 is 0. The molecule has 11 rings (SSSR count). The van der Waals surface area contributed by atoms with Crippen LogP contribution in [-0.2, 0) is 0 Å². The molecule has 250 valence electrons. The second kappa shape index (κ2) is 12.2. The number of hydrogen-bond acceptors (Lipinski definition) is 3. The van der Waals surface area contributed by atoms with Gasteiger partial charge in [-0.25, -0.2) is 15.0 Å². The van der Waals surface area contributed by atoms with Crippen molar-refractivity contribution < 1.29 is 0 Å². The maximum absolute atomic E-state index is 5.37. The maximum atomic E-state index is 5.37. The van der Waals surface area contributed by atoms with Crippen LogP contribution in [0.4, 0.5) is 0 Å². The van der Waals surface area contributed by atoms with E-state index < -0.39 is 0 Å². The van der Waals surface area contributed by atoms with Crippen LogP contribution in [0.2, 0.25) is 0 Å². The molecule has 0 radical (unpaired) electrons. The maximum Gasteiger partial charge on any atom is 0.165 e. The average molecular weight is 686 g/mol. The summed E-state index contributed by atoms with van der Waals surface area (Å²) in [5.41, 5.74) is 7.50. The molecule has 0 N–H and O–H groups in total. The van der Waals surface area contributed by atoms with Crippen LogP contribution in [0.3, 0.4) is 0 Å². The molecule has 0 atom stereocenters. The third-order valence-electron chi connectivity index (χ3n) is 10.9. The number of nitrogens with zero attached hydrogens (tertiary/aromatic N) is 3. The Bertz CT molecular complexity index is 3190. The van der Waals surface area contributed by atoms with Crippen molar-refractivity contribution in [3.63, 3.8) is 0 Å². The van der Waals surface area contributed by atoms with Crippen molar-refractivity contribution in [3.8, 4) is 56.4 Å². The van der Waals surface area contributed by atoms with Crippen LogP contribution in [0.25, 0.3) is 110 Å². The lowest BCUT2D eigenvalue weighted by Gasteiger charge is -2.17. The molecule has 0 unspecified atom stereocenters. The van der Waals surface area contributed by atoms with Gasteiger partial charge in [-0.05, 0) is 82.2 Å². The van der Waals surface area contributed by atoms with Crippen molar-refractivity contribution >= 4 is 53.9 Å². The molecular formula is C51H31N3. The summed E-state index contributed by atoms with van der Waals surface area (Å²) in [4.78, 5) is 15.8.